The second-order valence-electron chi connectivity index (χ2n) is 5.13. The minimum atomic E-state index is -0.398. The number of nitrogens with one attached hydrogen (secondary N) is 2. The van der Waals surface area contributed by atoms with E-state index in [1.165, 1.54) is 0 Å². The molecular formula is C19H16N4O2. The molecule has 3 rings (SSSR count). The van der Waals surface area contributed by atoms with Gasteiger partial charge in [0.05, 0.1) is 5.69 Å². The van der Waals surface area contributed by atoms with Crippen LogP contribution in [0.25, 0.3) is 11.4 Å². The van der Waals surface area contributed by atoms with E-state index in [1.54, 1.807) is 43.8 Å². The van der Waals surface area contributed by atoms with Crippen molar-refractivity contribution in [3.8, 4) is 29.0 Å². The first kappa shape index (κ1) is 16.3. The number of H-pyrrole nitrogens is 1. The first-order chi connectivity index (χ1) is 12.3. The minimum absolute atomic E-state index is 0.344. The van der Waals surface area contributed by atoms with Crippen LogP contribution in [-0.2, 0) is 11.4 Å². The monoisotopic (exact) mass is 332 g/mol. The van der Waals surface area contributed by atoms with Crippen molar-refractivity contribution in [1.82, 2.24) is 15.0 Å². The summed E-state index contributed by atoms with van der Waals surface area (Å²) in [5, 5.41) is 2.76. The zero-order valence-electron chi connectivity index (χ0n) is 13.6. The smallest absolute Gasteiger partial charge is 0.300 e. The highest BCUT2D eigenvalue weighted by Crippen LogP contribution is 2.30. The van der Waals surface area contributed by atoms with Crippen molar-refractivity contribution in [3.63, 3.8) is 0 Å². The van der Waals surface area contributed by atoms with E-state index in [0.29, 0.717) is 23.9 Å². The van der Waals surface area contributed by atoms with Crippen molar-refractivity contribution in [3.05, 3.63) is 60.7 Å². The van der Waals surface area contributed by atoms with Crippen LogP contribution in [0.15, 0.2) is 55.1 Å². The number of hydrogen-bond donors (Lipinski definition) is 2. The van der Waals surface area contributed by atoms with E-state index in [4.69, 9.17) is 4.74 Å². The topological polar surface area (TPSA) is 79.9 Å². The highest BCUT2D eigenvalue weighted by Gasteiger charge is 2.10. The van der Waals surface area contributed by atoms with Gasteiger partial charge in [-0.3, -0.25) is 9.78 Å². The SMILES string of the molecule is CC#CC(=O)Nc1cc(-c2ncc[nH]2)ccc1OCc1cccnc1. The summed E-state index contributed by atoms with van der Waals surface area (Å²) >= 11 is 0. The molecule has 1 amide bonds. The number of anilines is 1. The highest BCUT2D eigenvalue weighted by atomic mass is 16.5. The molecule has 6 nitrogen and oxygen atoms in total. The molecule has 0 aliphatic rings. The molecule has 0 unspecified atom stereocenters. The first-order valence-electron chi connectivity index (χ1n) is 7.65. The average molecular weight is 332 g/mol. The summed E-state index contributed by atoms with van der Waals surface area (Å²) in [5.74, 6) is 5.89. The van der Waals surface area contributed by atoms with E-state index in [9.17, 15) is 4.79 Å². The molecule has 0 spiro atoms. The van der Waals surface area contributed by atoms with Crippen molar-refractivity contribution in [2.45, 2.75) is 13.5 Å². The number of carbonyl (C=O) groups excluding carboxylic acids is 1. The minimum Gasteiger partial charge on any atom is -0.487 e. The molecule has 0 saturated carbocycles. The fourth-order valence-corrected chi connectivity index (χ4v) is 2.24. The lowest BCUT2D eigenvalue weighted by molar-refractivity contribution is -0.111. The van der Waals surface area contributed by atoms with Crippen LogP contribution in [0, 0.1) is 11.8 Å². The summed E-state index contributed by atoms with van der Waals surface area (Å²) in [6.45, 7) is 1.95. The molecular weight excluding hydrogens is 316 g/mol. The van der Waals surface area contributed by atoms with Crippen LogP contribution in [0.3, 0.4) is 0 Å². The molecule has 6 heteroatoms. The predicted octanol–water partition coefficient (Wildman–Crippen LogP) is 3.01. The maximum absolute atomic E-state index is 11.9. The number of imidazole rings is 1. The maximum Gasteiger partial charge on any atom is 0.300 e. The maximum atomic E-state index is 11.9. The zero-order valence-corrected chi connectivity index (χ0v) is 13.6. The summed E-state index contributed by atoms with van der Waals surface area (Å²) in [6.07, 6.45) is 6.85. The molecule has 25 heavy (non-hydrogen) atoms. The summed E-state index contributed by atoms with van der Waals surface area (Å²) in [7, 11) is 0. The lowest BCUT2D eigenvalue weighted by Gasteiger charge is -2.13. The average Bonchev–Trinajstić information content (AvgIpc) is 3.16. The Morgan fingerprint density at radius 3 is 2.96 bits per heavy atom. The molecule has 0 bridgehead atoms. The second kappa shape index (κ2) is 7.79. The fourth-order valence-electron chi connectivity index (χ4n) is 2.24. The van der Waals surface area contributed by atoms with Crippen LogP contribution in [0.4, 0.5) is 5.69 Å². The molecule has 0 atom stereocenters. The first-order valence-corrected chi connectivity index (χ1v) is 7.65. The van der Waals surface area contributed by atoms with Crippen molar-refractivity contribution in [2.24, 2.45) is 0 Å². The third-order valence-corrected chi connectivity index (χ3v) is 3.36. The molecule has 0 aliphatic carbocycles. The number of amides is 1. The number of hydrogen-bond acceptors (Lipinski definition) is 4. The van der Waals surface area contributed by atoms with Gasteiger partial charge in [-0.05, 0) is 37.1 Å². The molecule has 2 aromatic heterocycles. The largest absolute Gasteiger partial charge is 0.487 e. The Bertz CT molecular complexity index is 910. The Morgan fingerprint density at radius 2 is 2.24 bits per heavy atom. The van der Waals surface area contributed by atoms with Gasteiger partial charge in [-0.25, -0.2) is 4.98 Å². The molecule has 3 aromatic rings. The summed E-state index contributed by atoms with van der Waals surface area (Å²) in [5.41, 5.74) is 2.30. The van der Waals surface area contributed by atoms with Gasteiger partial charge in [0.25, 0.3) is 5.91 Å². The summed E-state index contributed by atoms with van der Waals surface area (Å²) < 4.78 is 5.84. The fraction of sp³-hybridized carbons (Fsp3) is 0.105. The van der Waals surface area contributed by atoms with E-state index in [0.717, 1.165) is 11.1 Å². The van der Waals surface area contributed by atoms with Gasteiger partial charge in [-0.15, -0.1) is 0 Å². The van der Waals surface area contributed by atoms with Gasteiger partial charge < -0.3 is 15.0 Å². The Kier molecular flexibility index (Phi) is 5.07. The van der Waals surface area contributed by atoms with Crippen LogP contribution >= 0.6 is 0 Å². The van der Waals surface area contributed by atoms with Gasteiger partial charge in [0.1, 0.15) is 18.2 Å². The Hall–Kier alpha value is -3.59. The Morgan fingerprint density at radius 1 is 1.32 bits per heavy atom. The molecule has 2 heterocycles. The van der Waals surface area contributed by atoms with Crippen molar-refractivity contribution >= 4 is 11.6 Å². The lowest BCUT2D eigenvalue weighted by Crippen LogP contribution is -2.10. The van der Waals surface area contributed by atoms with E-state index in [2.05, 4.69) is 32.1 Å². The van der Waals surface area contributed by atoms with Crippen LogP contribution < -0.4 is 10.1 Å². The van der Waals surface area contributed by atoms with E-state index >= 15 is 0 Å². The van der Waals surface area contributed by atoms with Crippen LogP contribution in [0.2, 0.25) is 0 Å². The third kappa shape index (κ3) is 4.24. The highest BCUT2D eigenvalue weighted by molar-refractivity contribution is 6.05. The predicted molar refractivity (Wildman–Crippen MR) is 94.7 cm³/mol. The van der Waals surface area contributed by atoms with Crippen molar-refractivity contribution in [1.29, 1.82) is 0 Å². The number of aromatic amines is 1. The van der Waals surface area contributed by atoms with Gasteiger partial charge in [0.2, 0.25) is 0 Å². The van der Waals surface area contributed by atoms with Gasteiger partial charge >= 0.3 is 0 Å². The van der Waals surface area contributed by atoms with E-state index in [-0.39, 0.29) is 0 Å². The quantitative estimate of drug-likeness (QED) is 0.704. The molecule has 124 valence electrons. The summed E-state index contributed by atoms with van der Waals surface area (Å²) in [4.78, 5) is 23.2. The number of aromatic nitrogens is 3. The Labute approximate surface area is 145 Å². The van der Waals surface area contributed by atoms with Gasteiger partial charge in [-0.1, -0.05) is 12.0 Å². The Balaban J connectivity index is 1.86. The standard InChI is InChI=1S/C19H16N4O2/c1-2-4-18(24)23-16-11-15(19-21-9-10-22-19)6-7-17(16)25-13-14-5-3-8-20-12-14/h3,5-12H,13H2,1H3,(H,21,22)(H,23,24). The number of carbonyl (C=O) groups is 1. The second-order valence-corrected chi connectivity index (χ2v) is 5.13. The third-order valence-electron chi connectivity index (χ3n) is 3.36. The number of pyridine rings is 1. The molecule has 2 N–H and O–H groups in total. The molecule has 0 aliphatic heterocycles. The van der Waals surface area contributed by atoms with Crippen molar-refractivity contribution < 1.29 is 9.53 Å². The van der Waals surface area contributed by atoms with Gasteiger partial charge in [0, 0.05) is 35.9 Å². The molecule has 1 aromatic carbocycles. The molecule has 0 fully saturated rings. The van der Waals surface area contributed by atoms with Crippen LogP contribution in [-0.4, -0.2) is 20.9 Å². The zero-order chi connectivity index (χ0) is 17.5. The number of benzene rings is 1. The number of nitrogens with zero attached hydrogens (tertiary/aromatic N) is 2. The van der Waals surface area contributed by atoms with Crippen LogP contribution in [0.5, 0.6) is 5.75 Å². The van der Waals surface area contributed by atoms with Crippen LogP contribution in [0.1, 0.15) is 12.5 Å². The normalized spacial score (nSPS) is 9.80. The van der Waals surface area contributed by atoms with E-state index in [1.807, 2.05) is 18.2 Å². The molecule has 0 saturated heterocycles. The number of rotatable bonds is 5. The lowest BCUT2D eigenvalue weighted by atomic mass is 10.1. The van der Waals surface area contributed by atoms with Gasteiger partial charge in [0.15, 0.2) is 0 Å². The van der Waals surface area contributed by atoms with Gasteiger partial charge in [-0.2, -0.15) is 0 Å². The molecule has 0 radical (unpaired) electrons. The van der Waals surface area contributed by atoms with E-state index < -0.39 is 5.91 Å². The number of ether oxygens (including phenoxy) is 1. The van der Waals surface area contributed by atoms with Crippen molar-refractivity contribution in [2.75, 3.05) is 5.32 Å². The summed E-state index contributed by atoms with van der Waals surface area (Å²) in [6, 6.07) is 9.23.